The Kier molecular flexibility index (Phi) is 5.46. The summed E-state index contributed by atoms with van der Waals surface area (Å²) in [6, 6.07) is 15.7. The van der Waals surface area contributed by atoms with Gasteiger partial charge >= 0.3 is 0 Å². The van der Waals surface area contributed by atoms with E-state index in [1.54, 1.807) is 7.11 Å². The lowest BCUT2D eigenvalue weighted by Gasteiger charge is -2.39. The Bertz CT molecular complexity index is 685. The zero-order chi connectivity index (χ0) is 17.7. The van der Waals surface area contributed by atoms with Gasteiger partial charge in [-0.25, -0.2) is 0 Å². The quantitative estimate of drug-likeness (QED) is 0.838. The molecule has 1 fully saturated rings. The summed E-state index contributed by atoms with van der Waals surface area (Å²) < 4.78 is 5.65. The number of ether oxygens (including phenoxy) is 1. The second kappa shape index (κ2) is 7.76. The number of nitrogens with zero attached hydrogens (tertiary/aromatic N) is 3. The first-order chi connectivity index (χ1) is 12.1. The van der Waals surface area contributed by atoms with Crippen molar-refractivity contribution in [3.05, 3.63) is 66.0 Å². The van der Waals surface area contributed by atoms with Crippen molar-refractivity contribution in [3.63, 3.8) is 0 Å². The molecule has 0 bridgehead atoms. The molecule has 1 amide bonds. The number of carbonyl (C=O) groups excluding carboxylic acids is 1. The molecule has 0 aliphatic carbocycles. The average Bonchev–Trinajstić information content (AvgIpc) is 2.69. The molecule has 1 aliphatic rings. The second-order valence-electron chi connectivity index (χ2n) is 6.49. The summed E-state index contributed by atoms with van der Waals surface area (Å²) in [5.74, 6) is 0.0266. The van der Waals surface area contributed by atoms with Crippen molar-refractivity contribution in [1.82, 2.24) is 14.8 Å². The summed E-state index contributed by atoms with van der Waals surface area (Å²) in [4.78, 5) is 21.7. The average molecular weight is 339 g/mol. The van der Waals surface area contributed by atoms with Crippen molar-refractivity contribution in [2.75, 3.05) is 33.3 Å². The summed E-state index contributed by atoms with van der Waals surface area (Å²) >= 11 is 0. The van der Waals surface area contributed by atoms with Crippen LogP contribution in [0.3, 0.4) is 0 Å². The fraction of sp³-hybridized carbons (Fsp3) is 0.400. The Hall–Kier alpha value is -2.24. The van der Waals surface area contributed by atoms with Crippen LogP contribution in [0, 0.1) is 0 Å². The first-order valence-corrected chi connectivity index (χ1v) is 8.66. The number of hydrogen-bond donors (Lipinski definition) is 0. The predicted molar refractivity (Wildman–Crippen MR) is 96.9 cm³/mol. The zero-order valence-corrected chi connectivity index (χ0v) is 14.9. The van der Waals surface area contributed by atoms with E-state index in [4.69, 9.17) is 4.74 Å². The Morgan fingerprint density at radius 2 is 1.76 bits per heavy atom. The molecule has 0 N–H and O–H groups in total. The van der Waals surface area contributed by atoms with Gasteiger partial charge in [0, 0.05) is 46.0 Å². The van der Waals surface area contributed by atoms with Crippen LogP contribution in [-0.2, 0) is 21.7 Å². The molecule has 25 heavy (non-hydrogen) atoms. The minimum absolute atomic E-state index is 0.0266. The van der Waals surface area contributed by atoms with Crippen molar-refractivity contribution in [1.29, 1.82) is 0 Å². The highest BCUT2D eigenvalue weighted by Gasteiger charge is 2.39. The lowest BCUT2D eigenvalue weighted by molar-refractivity contribution is -0.156. The Morgan fingerprint density at radius 3 is 2.36 bits per heavy atom. The SMILES string of the molecule is CO[C@@](C)(C(=O)N1CCN(Cc2ccccn2)CC1)c1ccccc1. The molecule has 5 nitrogen and oxygen atoms in total. The molecule has 0 saturated carbocycles. The molecule has 132 valence electrons. The standard InChI is InChI=1S/C20H25N3O2/c1-20(25-2,17-8-4-3-5-9-17)19(24)23-14-12-22(13-15-23)16-18-10-6-7-11-21-18/h3-11H,12-16H2,1-2H3/t20-/m1/s1. The molecule has 2 heterocycles. The zero-order valence-electron chi connectivity index (χ0n) is 14.9. The molecule has 1 saturated heterocycles. The Balaban J connectivity index is 1.63. The van der Waals surface area contributed by atoms with Gasteiger partial charge in [-0.05, 0) is 24.6 Å². The maximum atomic E-state index is 13.1. The van der Waals surface area contributed by atoms with Crippen molar-refractivity contribution in [2.24, 2.45) is 0 Å². The van der Waals surface area contributed by atoms with Crippen LogP contribution in [0.5, 0.6) is 0 Å². The summed E-state index contributed by atoms with van der Waals surface area (Å²) in [6.45, 7) is 5.77. The van der Waals surface area contributed by atoms with Gasteiger partial charge in [0.05, 0.1) is 5.69 Å². The largest absolute Gasteiger partial charge is 0.364 e. The Morgan fingerprint density at radius 1 is 1.08 bits per heavy atom. The molecule has 1 aromatic carbocycles. The van der Waals surface area contributed by atoms with E-state index < -0.39 is 5.60 Å². The fourth-order valence-electron chi connectivity index (χ4n) is 3.22. The number of hydrogen-bond acceptors (Lipinski definition) is 4. The summed E-state index contributed by atoms with van der Waals surface area (Å²) in [5, 5.41) is 0. The molecule has 1 aromatic heterocycles. The van der Waals surface area contributed by atoms with E-state index in [1.165, 1.54) is 0 Å². The number of aromatic nitrogens is 1. The summed E-state index contributed by atoms with van der Waals surface area (Å²) in [7, 11) is 1.60. The number of rotatable bonds is 5. The third kappa shape index (κ3) is 3.89. The highest BCUT2D eigenvalue weighted by molar-refractivity contribution is 5.86. The molecule has 0 spiro atoms. The van der Waals surface area contributed by atoms with E-state index in [2.05, 4.69) is 9.88 Å². The van der Waals surface area contributed by atoms with Crippen LogP contribution in [0.1, 0.15) is 18.2 Å². The van der Waals surface area contributed by atoms with Crippen LogP contribution < -0.4 is 0 Å². The van der Waals surface area contributed by atoms with E-state index in [9.17, 15) is 4.79 Å². The molecule has 0 unspecified atom stereocenters. The number of pyridine rings is 1. The smallest absolute Gasteiger partial charge is 0.259 e. The number of piperazine rings is 1. The minimum atomic E-state index is -0.940. The van der Waals surface area contributed by atoms with Gasteiger partial charge in [0.15, 0.2) is 5.60 Å². The number of methoxy groups -OCH3 is 1. The number of amides is 1. The van der Waals surface area contributed by atoms with E-state index in [1.807, 2.05) is 66.6 Å². The van der Waals surface area contributed by atoms with Crippen LogP contribution in [0.25, 0.3) is 0 Å². The van der Waals surface area contributed by atoms with Crippen LogP contribution in [-0.4, -0.2) is 54.0 Å². The molecular formula is C20H25N3O2. The first-order valence-electron chi connectivity index (χ1n) is 8.66. The summed E-state index contributed by atoms with van der Waals surface area (Å²) in [6.07, 6.45) is 1.82. The topological polar surface area (TPSA) is 45.7 Å². The van der Waals surface area contributed by atoms with Gasteiger partial charge in [0.25, 0.3) is 5.91 Å². The number of carbonyl (C=O) groups is 1. The van der Waals surface area contributed by atoms with Gasteiger partial charge in [-0.3, -0.25) is 14.7 Å². The van der Waals surface area contributed by atoms with Gasteiger partial charge in [0.1, 0.15) is 0 Å². The van der Waals surface area contributed by atoms with E-state index >= 15 is 0 Å². The lowest BCUT2D eigenvalue weighted by Crippen LogP contribution is -2.54. The summed E-state index contributed by atoms with van der Waals surface area (Å²) in [5.41, 5.74) is 1.01. The molecule has 1 aliphatic heterocycles. The predicted octanol–water partition coefficient (Wildman–Crippen LogP) is 2.29. The third-order valence-corrected chi connectivity index (χ3v) is 4.91. The molecule has 0 radical (unpaired) electrons. The second-order valence-corrected chi connectivity index (χ2v) is 6.49. The molecule has 2 aromatic rings. The molecule has 5 heteroatoms. The lowest BCUT2D eigenvalue weighted by atomic mass is 9.93. The fourth-order valence-corrected chi connectivity index (χ4v) is 3.22. The van der Waals surface area contributed by atoms with Crippen LogP contribution in [0.2, 0.25) is 0 Å². The third-order valence-electron chi connectivity index (χ3n) is 4.91. The van der Waals surface area contributed by atoms with Crippen LogP contribution in [0.15, 0.2) is 54.7 Å². The van der Waals surface area contributed by atoms with Gasteiger partial charge in [-0.1, -0.05) is 36.4 Å². The maximum absolute atomic E-state index is 13.1. The van der Waals surface area contributed by atoms with Crippen LogP contribution in [0.4, 0.5) is 0 Å². The number of benzene rings is 1. The van der Waals surface area contributed by atoms with Gasteiger partial charge in [0.2, 0.25) is 0 Å². The van der Waals surface area contributed by atoms with Crippen molar-refractivity contribution in [2.45, 2.75) is 19.1 Å². The van der Waals surface area contributed by atoms with Crippen molar-refractivity contribution < 1.29 is 9.53 Å². The Labute approximate surface area is 149 Å². The van der Waals surface area contributed by atoms with E-state index in [0.29, 0.717) is 13.1 Å². The molecule has 1 atom stereocenters. The van der Waals surface area contributed by atoms with Crippen LogP contribution >= 0.6 is 0 Å². The highest BCUT2D eigenvalue weighted by atomic mass is 16.5. The molecule has 3 rings (SSSR count). The van der Waals surface area contributed by atoms with E-state index in [-0.39, 0.29) is 5.91 Å². The normalized spacial score (nSPS) is 17.9. The van der Waals surface area contributed by atoms with Crippen molar-refractivity contribution >= 4 is 5.91 Å². The van der Waals surface area contributed by atoms with Gasteiger partial charge in [-0.2, -0.15) is 0 Å². The van der Waals surface area contributed by atoms with Gasteiger partial charge in [-0.15, -0.1) is 0 Å². The first kappa shape index (κ1) is 17.6. The molecular weight excluding hydrogens is 314 g/mol. The monoisotopic (exact) mass is 339 g/mol. The maximum Gasteiger partial charge on any atom is 0.259 e. The van der Waals surface area contributed by atoms with Crippen molar-refractivity contribution in [3.8, 4) is 0 Å². The van der Waals surface area contributed by atoms with Gasteiger partial charge < -0.3 is 9.64 Å². The highest BCUT2D eigenvalue weighted by Crippen LogP contribution is 2.27. The minimum Gasteiger partial charge on any atom is -0.364 e. The van der Waals surface area contributed by atoms with E-state index in [0.717, 1.165) is 30.9 Å².